The van der Waals surface area contributed by atoms with Crippen LogP contribution in [-0.4, -0.2) is 10.5 Å². The Morgan fingerprint density at radius 3 is 2.88 bits per heavy atom. The molecule has 0 aromatic carbocycles. The van der Waals surface area contributed by atoms with Crippen molar-refractivity contribution in [1.82, 2.24) is 4.57 Å². The molecule has 2 heterocycles. The minimum atomic E-state index is -0.226. The number of carbonyl (C=O) groups excluding carboxylic acids is 1. The molecule has 0 atom stereocenters. The van der Waals surface area contributed by atoms with E-state index in [9.17, 15) is 9.59 Å². The smallest absolute Gasteiger partial charge is 0.276 e. The zero-order chi connectivity index (χ0) is 12.6. The Balaban J connectivity index is 2.44. The Morgan fingerprint density at radius 1 is 1.53 bits per heavy atom. The second-order valence-corrected chi connectivity index (χ2v) is 5.76. The molecular formula is C11H12N2O2S2. The summed E-state index contributed by atoms with van der Waals surface area (Å²) in [5, 5.41) is 4.60. The predicted octanol–water partition coefficient (Wildman–Crippen LogP) is 2.52. The van der Waals surface area contributed by atoms with Gasteiger partial charge >= 0.3 is 0 Å². The van der Waals surface area contributed by atoms with Crippen LogP contribution in [0.15, 0.2) is 21.8 Å². The average molecular weight is 268 g/mol. The third-order valence-corrected chi connectivity index (χ3v) is 4.73. The van der Waals surface area contributed by atoms with Crippen molar-refractivity contribution in [3.8, 4) is 10.6 Å². The van der Waals surface area contributed by atoms with Gasteiger partial charge in [-0.15, -0.1) is 0 Å². The van der Waals surface area contributed by atoms with E-state index in [1.54, 1.807) is 41.9 Å². The highest BCUT2D eigenvalue weighted by Gasteiger charge is 2.22. The molecule has 2 aliphatic rings. The van der Waals surface area contributed by atoms with Crippen LogP contribution in [0.4, 0.5) is 5.69 Å². The lowest BCUT2D eigenvalue weighted by molar-refractivity contribution is -0.112. The van der Waals surface area contributed by atoms with Gasteiger partial charge in [0.15, 0.2) is 0 Å². The molecule has 0 spiro atoms. The third-order valence-electron chi connectivity index (χ3n) is 2.66. The molecule has 1 amide bonds. The first kappa shape index (κ1) is 12.1. The lowest BCUT2D eigenvalue weighted by Gasteiger charge is -2.01. The van der Waals surface area contributed by atoms with E-state index in [1.807, 2.05) is 5.38 Å². The van der Waals surface area contributed by atoms with Crippen molar-refractivity contribution >= 4 is 32.3 Å². The van der Waals surface area contributed by atoms with E-state index in [4.69, 9.17) is 0 Å². The van der Waals surface area contributed by atoms with Crippen molar-refractivity contribution < 1.29 is 4.79 Å². The molecule has 0 saturated heterocycles. The zero-order valence-corrected chi connectivity index (χ0v) is 11.4. The average Bonchev–Trinajstić information content (AvgIpc) is 2.87. The highest BCUT2D eigenvalue weighted by molar-refractivity contribution is 7.70. The molecule has 0 unspecified atom stereocenters. The van der Waals surface area contributed by atoms with Gasteiger partial charge in [0.1, 0.15) is 5.69 Å². The molecule has 0 aromatic rings. The molecule has 0 bridgehead atoms. The number of fused-ring (bicyclic) bond motifs is 1. The topological polar surface area (TPSA) is 51.1 Å². The summed E-state index contributed by atoms with van der Waals surface area (Å²) in [4.78, 5) is 24.5. The van der Waals surface area contributed by atoms with E-state index in [1.165, 1.54) is 10.3 Å². The Bertz CT molecular complexity index is 618. The number of aromatic nitrogens is 1. The van der Waals surface area contributed by atoms with Gasteiger partial charge in [0.05, 0.1) is 10.6 Å². The van der Waals surface area contributed by atoms with Crippen LogP contribution in [0, 0.1) is 0 Å². The van der Waals surface area contributed by atoms with Gasteiger partial charge in [-0.3, -0.25) is 9.59 Å². The van der Waals surface area contributed by atoms with E-state index in [0.717, 1.165) is 10.6 Å². The molecule has 1 N–H and O–H groups in total. The van der Waals surface area contributed by atoms with Crippen LogP contribution in [0.1, 0.15) is 13.8 Å². The van der Waals surface area contributed by atoms with Crippen molar-refractivity contribution in [1.29, 1.82) is 0 Å². The highest BCUT2D eigenvalue weighted by atomic mass is 32.9. The second kappa shape index (κ2) is 4.46. The van der Waals surface area contributed by atoms with Crippen molar-refractivity contribution in [2.45, 2.75) is 13.8 Å². The van der Waals surface area contributed by atoms with Gasteiger partial charge in [0.25, 0.3) is 11.5 Å². The van der Waals surface area contributed by atoms with Crippen molar-refractivity contribution in [3.05, 3.63) is 27.4 Å². The molecule has 0 aliphatic carbocycles. The maximum Gasteiger partial charge on any atom is 0.276 e. The van der Waals surface area contributed by atoms with Gasteiger partial charge < -0.3 is 9.88 Å². The molecule has 0 radical (unpaired) electrons. The largest absolute Gasteiger partial charge is 0.316 e. The van der Waals surface area contributed by atoms with Gasteiger partial charge in [-0.1, -0.05) is 26.8 Å². The van der Waals surface area contributed by atoms with Crippen LogP contribution in [0.3, 0.4) is 0 Å². The zero-order valence-electron chi connectivity index (χ0n) is 9.73. The summed E-state index contributed by atoms with van der Waals surface area (Å²) in [5.74, 6) is -0.226. The first-order chi connectivity index (χ1) is 8.06. The summed E-state index contributed by atoms with van der Waals surface area (Å²) < 4.78 is 1.56. The Labute approximate surface area is 106 Å². The van der Waals surface area contributed by atoms with Crippen molar-refractivity contribution in [2.24, 2.45) is 7.05 Å². The number of rotatable bonds is 2. The van der Waals surface area contributed by atoms with E-state index < -0.39 is 0 Å². The van der Waals surface area contributed by atoms with Crippen molar-refractivity contribution in [3.63, 3.8) is 0 Å². The minimum absolute atomic E-state index is 0.156. The molecule has 6 heteroatoms. The first-order valence-corrected chi connectivity index (χ1v) is 7.28. The van der Waals surface area contributed by atoms with Crippen LogP contribution >= 0.6 is 20.7 Å². The number of allylic oxidation sites excluding steroid dienone is 1. The number of nitrogens with one attached hydrogen (secondary N) is 1. The number of hydrogen-bond donors (Lipinski definition) is 1. The number of hydrogen-bond acceptors (Lipinski definition) is 4. The number of nitrogens with zero attached hydrogens (tertiary/aromatic N) is 1. The van der Waals surface area contributed by atoms with E-state index >= 15 is 0 Å². The lowest BCUT2D eigenvalue weighted by atomic mass is 10.2. The monoisotopic (exact) mass is 268 g/mol. The number of anilines is 1. The van der Waals surface area contributed by atoms with Gasteiger partial charge in [0.2, 0.25) is 0 Å². The number of carbonyl (C=O) groups is 1. The first-order valence-electron chi connectivity index (χ1n) is 5.06. The predicted molar refractivity (Wildman–Crippen MR) is 72.1 cm³/mol. The van der Waals surface area contributed by atoms with Crippen molar-refractivity contribution in [2.75, 3.05) is 5.32 Å². The quantitative estimate of drug-likeness (QED) is 0.672. The minimum Gasteiger partial charge on any atom is -0.316 e. The Hall–Kier alpha value is -1.40. The molecule has 0 fully saturated rings. The molecule has 0 aromatic heterocycles. The van der Waals surface area contributed by atoms with Gasteiger partial charge in [0, 0.05) is 18.0 Å². The standard InChI is InChI=1S/C11H12N2O2S2/c1-4-6(2)10(14)12-8-9-7(5-16-17-9)13(3)11(8)15/h4-5H,1-3H3,(H,12,14)/b6-4+. The summed E-state index contributed by atoms with van der Waals surface area (Å²) in [6, 6.07) is 0. The molecule has 17 heavy (non-hydrogen) atoms. The fourth-order valence-electron chi connectivity index (χ4n) is 1.44. The SMILES string of the molecule is C/C=C(\C)C(=O)Nc1c2sscc-2n(C)c1=O. The van der Waals surface area contributed by atoms with E-state index in [2.05, 4.69) is 5.32 Å². The Kier molecular flexibility index (Phi) is 3.17. The molecule has 2 rings (SSSR count). The van der Waals surface area contributed by atoms with Crippen LogP contribution < -0.4 is 10.9 Å². The highest BCUT2D eigenvalue weighted by Crippen LogP contribution is 2.36. The molecule has 90 valence electrons. The summed E-state index contributed by atoms with van der Waals surface area (Å²) >= 11 is 0. The van der Waals surface area contributed by atoms with Crippen LogP contribution in [0.25, 0.3) is 10.6 Å². The fraction of sp³-hybridized carbons (Fsp3) is 0.273. The van der Waals surface area contributed by atoms with E-state index in [0.29, 0.717) is 11.3 Å². The molecule has 2 aliphatic heterocycles. The second-order valence-electron chi connectivity index (χ2n) is 3.68. The Morgan fingerprint density at radius 2 is 2.24 bits per heavy atom. The fourth-order valence-corrected chi connectivity index (χ4v) is 3.74. The maximum absolute atomic E-state index is 11.9. The van der Waals surface area contributed by atoms with Gasteiger partial charge in [-0.05, 0) is 13.8 Å². The summed E-state index contributed by atoms with van der Waals surface area (Å²) in [6.45, 7) is 3.51. The molecule has 0 saturated carbocycles. The normalized spacial score (nSPS) is 12.1. The van der Waals surface area contributed by atoms with Crippen LogP contribution in [-0.2, 0) is 11.8 Å². The third kappa shape index (κ3) is 1.94. The molecular weight excluding hydrogens is 256 g/mol. The summed E-state index contributed by atoms with van der Waals surface area (Å²) in [6.07, 6.45) is 1.72. The number of amides is 1. The van der Waals surface area contributed by atoms with Crippen LogP contribution in [0.5, 0.6) is 0 Å². The summed E-state index contributed by atoms with van der Waals surface area (Å²) in [5.41, 5.74) is 1.70. The summed E-state index contributed by atoms with van der Waals surface area (Å²) in [7, 11) is 4.76. The van der Waals surface area contributed by atoms with Gasteiger partial charge in [-0.2, -0.15) is 0 Å². The van der Waals surface area contributed by atoms with E-state index in [-0.39, 0.29) is 11.5 Å². The lowest BCUT2D eigenvalue weighted by Crippen LogP contribution is -2.20. The van der Waals surface area contributed by atoms with Gasteiger partial charge in [-0.25, -0.2) is 0 Å². The van der Waals surface area contributed by atoms with Crippen LogP contribution in [0.2, 0.25) is 0 Å². The molecule has 4 nitrogen and oxygen atoms in total. The maximum atomic E-state index is 11.9.